The van der Waals surface area contributed by atoms with Crippen LogP contribution >= 0.6 is 11.3 Å². The molecule has 18 heavy (non-hydrogen) atoms. The van der Waals surface area contributed by atoms with Gasteiger partial charge in [-0.2, -0.15) is 5.10 Å². The van der Waals surface area contributed by atoms with Crippen molar-refractivity contribution in [2.75, 3.05) is 0 Å². The fraction of sp³-hybridized carbons (Fsp3) is 0.538. The number of aryl methyl sites for hydroxylation is 1. The Morgan fingerprint density at radius 1 is 1.44 bits per heavy atom. The van der Waals surface area contributed by atoms with E-state index in [1.807, 2.05) is 17.8 Å². The molecule has 0 aliphatic carbocycles. The predicted molar refractivity (Wildman–Crippen MR) is 74.7 cm³/mol. The zero-order valence-corrected chi connectivity index (χ0v) is 12.2. The first kappa shape index (κ1) is 13.2. The second kappa shape index (κ2) is 4.82. The molecule has 0 fully saturated rings. The van der Waals surface area contributed by atoms with Gasteiger partial charge in [-0.15, -0.1) is 11.3 Å². The highest BCUT2D eigenvalue weighted by Crippen LogP contribution is 2.25. The summed E-state index contributed by atoms with van der Waals surface area (Å²) >= 11 is 1.69. The van der Waals surface area contributed by atoms with Crippen molar-refractivity contribution in [1.29, 1.82) is 0 Å². The summed E-state index contributed by atoms with van der Waals surface area (Å²) in [6.07, 6.45) is 2.54. The van der Waals surface area contributed by atoms with Crippen LogP contribution < -0.4 is 5.73 Å². The second-order valence-corrected chi connectivity index (χ2v) is 6.51. The van der Waals surface area contributed by atoms with Gasteiger partial charge in [-0.3, -0.25) is 4.68 Å². The number of aromatic nitrogens is 3. The van der Waals surface area contributed by atoms with E-state index in [-0.39, 0.29) is 11.5 Å². The Bertz CT molecular complexity index is 521. The molecule has 0 aromatic carbocycles. The summed E-state index contributed by atoms with van der Waals surface area (Å²) in [5, 5.41) is 7.37. The molecule has 2 rings (SSSR count). The van der Waals surface area contributed by atoms with Crippen LogP contribution in [0.5, 0.6) is 0 Å². The lowest BCUT2D eigenvalue weighted by atomic mass is 9.93. The number of hydrogen-bond donors (Lipinski definition) is 1. The van der Waals surface area contributed by atoms with Crippen molar-refractivity contribution in [3.8, 4) is 0 Å². The van der Waals surface area contributed by atoms with Crippen LogP contribution in [0.25, 0.3) is 0 Å². The van der Waals surface area contributed by atoms with Crippen molar-refractivity contribution in [1.82, 2.24) is 14.8 Å². The number of hydrogen-bond acceptors (Lipinski definition) is 4. The fourth-order valence-corrected chi connectivity index (χ4v) is 2.87. The molecule has 0 radical (unpaired) electrons. The molecule has 1 atom stereocenters. The summed E-state index contributed by atoms with van der Waals surface area (Å²) in [5.41, 5.74) is 8.48. The molecule has 2 heterocycles. The van der Waals surface area contributed by atoms with Gasteiger partial charge in [0.15, 0.2) is 0 Å². The van der Waals surface area contributed by atoms with E-state index in [1.165, 1.54) is 0 Å². The van der Waals surface area contributed by atoms with Crippen molar-refractivity contribution in [3.05, 3.63) is 34.0 Å². The van der Waals surface area contributed by atoms with E-state index < -0.39 is 0 Å². The molecule has 4 nitrogen and oxygen atoms in total. The standard InChI is InChI=1S/C13H20N4S/c1-13(2,3)11-8-18-12(16-11)7-9(14)10-5-6-15-17(10)4/h5-6,8-9H,7,14H2,1-4H3. The average molecular weight is 264 g/mol. The highest BCUT2D eigenvalue weighted by molar-refractivity contribution is 7.09. The maximum atomic E-state index is 6.20. The Morgan fingerprint density at radius 3 is 2.67 bits per heavy atom. The van der Waals surface area contributed by atoms with E-state index in [1.54, 1.807) is 17.5 Å². The molecule has 2 aromatic rings. The number of rotatable bonds is 3. The smallest absolute Gasteiger partial charge is 0.0948 e. The molecular weight excluding hydrogens is 244 g/mol. The molecular formula is C13H20N4S. The first-order chi connectivity index (χ1) is 8.38. The monoisotopic (exact) mass is 264 g/mol. The molecule has 98 valence electrons. The van der Waals surface area contributed by atoms with Gasteiger partial charge in [0.2, 0.25) is 0 Å². The Hall–Kier alpha value is -1.20. The van der Waals surface area contributed by atoms with E-state index in [2.05, 4.69) is 36.2 Å². The van der Waals surface area contributed by atoms with Crippen molar-refractivity contribution in [2.45, 2.75) is 38.6 Å². The topological polar surface area (TPSA) is 56.7 Å². The lowest BCUT2D eigenvalue weighted by Crippen LogP contribution is -2.17. The maximum Gasteiger partial charge on any atom is 0.0948 e. The number of thiazole rings is 1. The number of nitrogens with two attached hydrogens (primary N) is 1. The molecule has 0 spiro atoms. The zero-order valence-electron chi connectivity index (χ0n) is 11.3. The molecule has 0 aliphatic heterocycles. The molecule has 2 N–H and O–H groups in total. The normalized spacial score (nSPS) is 13.8. The summed E-state index contributed by atoms with van der Waals surface area (Å²) in [6.45, 7) is 6.52. The van der Waals surface area contributed by atoms with E-state index in [0.717, 1.165) is 22.8 Å². The van der Waals surface area contributed by atoms with Crippen LogP contribution in [-0.4, -0.2) is 14.8 Å². The molecule has 0 aliphatic rings. The third-order valence-electron chi connectivity index (χ3n) is 2.95. The average Bonchev–Trinajstić information content (AvgIpc) is 2.85. The summed E-state index contributed by atoms with van der Waals surface area (Å²) in [5.74, 6) is 0. The molecule has 0 bridgehead atoms. The quantitative estimate of drug-likeness (QED) is 0.926. The van der Waals surface area contributed by atoms with Crippen LogP contribution in [0.1, 0.15) is 43.2 Å². The van der Waals surface area contributed by atoms with Crippen LogP contribution in [0, 0.1) is 0 Å². The van der Waals surface area contributed by atoms with Gasteiger partial charge in [0.05, 0.1) is 22.4 Å². The zero-order chi connectivity index (χ0) is 13.3. The molecule has 5 heteroatoms. The van der Waals surface area contributed by atoms with Crippen molar-refractivity contribution < 1.29 is 0 Å². The van der Waals surface area contributed by atoms with Gasteiger partial charge in [-0.25, -0.2) is 4.98 Å². The second-order valence-electron chi connectivity index (χ2n) is 5.57. The predicted octanol–water partition coefficient (Wildman–Crippen LogP) is 2.42. The maximum absolute atomic E-state index is 6.20. The SMILES string of the molecule is Cn1nccc1C(N)Cc1nc(C(C)(C)C)cs1. The van der Waals surface area contributed by atoms with Crippen molar-refractivity contribution >= 4 is 11.3 Å². The van der Waals surface area contributed by atoms with Crippen LogP contribution in [0.2, 0.25) is 0 Å². The molecule has 1 unspecified atom stereocenters. The fourth-order valence-electron chi connectivity index (χ4n) is 1.79. The summed E-state index contributed by atoms with van der Waals surface area (Å²) in [4.78, 5) is 4.67. The van der Waals surface area contributed by atoms with Gasteiger partial charge >= 0.3 is 0 Å². The minimum atomic E-state index is -0.0449. The largest absolute Gasteiger partial charge is 0.322 e. The third-order valence-corrected chi connectivity index (χ3v) is 3.82. The summed E-state index contributed by atoms with van der Waals surface area (Å²) in [7, 11) is 1.91. The first-order valence-corrected chi connectivity index (χ1v) is 6.94. The Morgan fingerprint density at radius 2 is 2.17 bits per heavy atom. The minimum Gasteiger partial charge on any atom is -0.322 e. The van der Waals surface area contributed by atoms with Crippen LogP contribution in [0.4, 0.5) is 0 Å². The highest BCUT2D eigenvalue weighted by Gasteiger charge is 2.19. The van der Waals surface area contributed by atoms with E-state index in [4.69, 9.17) is 5.73 Å². The van der Waals surface area contributed by atoms with Crippen molar-refractivity contribution in [2.24, 2.45) is 12.8 Å². The Labute approximate surface area is 112 Å². The molecule has 0 amide bonds. The van der Waals surface area contributed by atoms with Gasteiger partial charge in [0.1, 0.15) is 0 Å². The Balaban J connectivity index is 2.11. The molecule has 0 saturated carbocycles. The molecule has 0 saturated heterocycles. The minimum absolute atomic E-state index is 0.0449. The van der Waals surface area contributed by atoms with Gasteiger partial charge in [-0.1, -0.05) is 20.8 Å². The van der Waals surface area contributed by atoms with Crippen LogP contribution in [0.3, 0.4) is 0 Å². The molecule has 2 aromatic heterocycles. The van der Waals surface area contributed by atoms with E-state index in [9.17, 15) is 0 Å². The van der Waals surface area contributed by atoms with E-state index >= 15 is 0 Å². The van der Waals surface area contributed by atoms with Gasteiger partial charge in [-0.05, 0) is 6.07 Å². The van der Waals surface area contributed by atoms with E-state index in [0.29, 0.717) is 0 Å². The van der Waals surface area contributed by atoms with Crippen LogP contribution in [-0.2, 0) is 18.9 Å². The van der Waals surface area contributed by atoms with Gasteiger partial charge in [0, 0.05) is 30.5 Å². The summed E-state index contributed by atoms with van der Waals surface area (Å²) in [6, 6.07) is 1.92. The van der Waals surface area contributed by atoms with Gasteiger partial charge in [0.25, 0.3) is 0 Å². The lowest BCUT2D eigenvalue weighted by Gasteiger charge is -2.14. The van der Waals surface area contributed by atoms with Crippen molar-refractivity contribution in [3.63, 3.8) is 0 Å². The Kier molecular flexibility index (Phi) is 3.54. The number of nitrogens with zero attached hydrogens (tertiary/aromatic N) is 3. The first-order valence-electron chi connectivity index (χ1n) is 6.06. The third kappa shape index (κ3) is 2.79. The summed E-state index contributed by atoms with van der Waals surface area (Å²) < 4.78 is 1.82. The van der Waals surface area contributed by atoms with Crippen LogP contribution in [0.15, 0.2) is 17.6 Å². The highest BCUT2D eigenvalue weighted by atomic mass is 32.1. The lowest BCUT2D eigenvalue weighted by molar-refractivity contribution is 0.566. The van der Waals surface area contributed by atoms with Gasteiger partial charge < -0.3 is 5.73 Å².